The van der Waals surface area contributed by atoms with Gasteiger partial charge in [-0.25, -0.2) is 46.6 Å². The predicted octanol–water partition coefficient (Wildman–Crippen LogP) is -3.24. The number of aromatic amines is 4. The number of halogens is 2. The van der Waals surface area contributed by atoms with Crippen LogP contribution in [-0.4, -0.2) is 213 Å². The van der Waals surface area contributed by atoms with E-state index < -0.39 is 222 Å². The van der Waals surface area contributed by atoms with Crippen LogP contribution in [0.15, 0.2) is 63.1 Å². The summed E-state index contributed by atoms with van der Waals surface area (Å²) < 4.78 is 139. The Labute approximate surface area is 606 Å². The molecule has 0 amide bonds. The largest absolute Gasteiger partial charge is 0.492 e. The van der Waals surface area contributed by atoms with Crippen LogP contribution in [0.25, 0.3) is 0 Å². The van der Waals surface area contributed by atoms with Crippen LogP contribution in [0, 0.1) is 0 Å². The van der Waals surface area contributed by atoms with E-state index in [-0.39, 0.29) is 35.3 Å². The molecule has 19 N–H and O–H groups in total. The highest BCUT2D eigenvalue weighted by Crippen LogP contribution is 2.80. The summed E-state index contributed by atoms with van der Waals surface area (Å²) in [6.07, 6.45) is -19.2. The second-order valence-corrected chi connectivity index (χ2v) is 36.8. The minimum Gasteiger partial charge on any atom is -0.394 e. The molecule has 0 aliphatic carbocycles. The molecule has 20 atom stereocenters. The van der Waals surface area contributed by atoms with Crippen molar-refractivity contribution >= 4 is 75.5 Å². The lowest BCUT2D eigenvalue weighted by molar-refractivity contribution is -0.0237. The van der Waals surface area contributed by atoms with E-state index in [0.29, 0.717) is 38.8 Å². The number of ether oxygens (including phenoxy) is 4. The molecule has 5 aliphatic heterocycles. The number of aryl methyl sites for hydroxylation is 4. The third kappa shape index (κ3) is 24.9. The molecule has 0 spiro atoms. The van der Waals surface area contributed by atoms with Crippen LogP contribution in [0.3, 0.4) is 0 Å². The van der Waals surface area contributed by atoms with Crippen LogP contribution in [0.2, 0.25) is 0 Å². The molecule has 8 unspecified atom stereocenters. The van der Waals surface area contributed by atoms with Gasteiger partial charge in [0.2, 0.25) is 0 Å². The van der Waals surface area contributed by atoms with Crippen molar-refractivity contribution in [2.45, 2.75) is 177 Å². The molecule has 0 bridgehead atoms. The number of hydrogen-bond donors (Lipinski definition) is 19. The Kier molecular flexibility index (Phi) is 32.3. The summed E-state index contributed by atoms with van der Waals surface area (Å²) in [6.45, 7) is 5.67. The lowest BCUT2D eigenvalue weighted by Crippen LogP contribution is -2.36. The number of nitrogens with one attached hydrogen (secondary N) is 4. The zero-order valence-corrected chi connectivity index (χ0v) is 63.2. The summed E-state index contributed by atoms with van der Waals surface area (Å²) in [7, 11) is -32.4. The lowest BCUT2D eigenvalue weighted by atomic mass is 10.0. The highest BCUT2D eigenvalue weighted by molar-refractivity contribution is 8.05. The summed E-state index contributed by atoms with van der Waals surface area (Å²) in [5, 5.41) is 89.5. The van der Waals surface area contributed by atoms with Gasteiger partial charge in [0.1, 0.15) is 97.7 Å². The van der Waals surface area contributed by atoms with Gasteiger partial charge in [0.05, 0.1) is 48.7 Å². The summed E-state index contributed by atoms with van der Waals surface area (Å²) >= 11 is 10.5. The average molecular weight is 1720 g/mol. The van der Waals surface area contributed by atoms with Crippen molar-refractivity contribution < 1.29 is 161 Å². The van der Waals surface area contributed by atoms with Crippen molar-refractivity contribution in [2.24, 2.45) is 0 Å². The van der Waals surface area contributed by atoms with Gasteiger partial charge in [-0.1, -0.05) is 27.7 Å². The number of aromatic nitrogens is 8. The molecule has 4 aromatic rings. The van der Waals surface area contributed by atoms with Crippen LogP contribution >= 0.6 is 75.5 Å². The van der Waals surface area contributed by atoms with E-state index in [1.54, 1.807) is 13.8 Å². The van der Waals surface area contributed by atoms with Crippen molar-refractivity contribution in [3.8, 4) is 0 Å². The fraction of sp³-hybridized carbons (Fsp3) is 0.667. The van der Waals surface area contributed by atoms with E-state index >= 15 is 0 Å². The van der Waals surface area contributed by atoms with Crippen LogP contribution in [-0.2, 0) is 112 Å². The maximum Gasteiger partial charge on any atom is 0.492 e. The van der Waals surface area contributed by atoms with Gasteiger partial charge >= 0.3 is 75.8 Å². The van der Waals surface area contributed by atoms with Crippen LogP contribution in [0.1, 0.15) is 100 Å². The van der Waals surface area contributed by atoms with Crippen molar-refractivity contribution in [1.82, 2.24) is 38.2 Å². The molecule has 5 aliphatic rings. The first-order valence-corrected chi connectivity index (χ1v) is 43.3. The number of phosphoric acid groups is 6. The van der Waals surface area contributed by atoms with Crippen LogP contribution in [0.5, 0.6) is 0 Å². The maximum atomic E-state index is 12.3. The minimum absolute atomic E-state index is 0.0166. The van der Waals surface area contributed by atoms with Gasteiger partial charge in [0.15, 0.2) is 0 Å². The molecule has 5 fully saturated rings. The highest BCUT2D eigenvalue weighted by atomic mass is 35.9. The second-order valence-electron chi connectivity index (χ2n) is 23.2. The topological polar surface area (TPSA) is 753 Å². The molecule has 4 aromatic heterocycles. The number of hydrogen-bond acceptors (Lipinski definition) is 36. The Morgan fingerprint density at radius 1 is 0.430 bits per heavy atom. The van der Waals surface area contributed by atoms with Crippen LogP contribution in [0.4, 0.5) is 0 Å². The average Bonchev–Trinajstić information content (AvgIpc) is 1.57. The lowest BCUT2D eigenvalue weighted by Gasteiger charge is -2.27. The first-order chi connectivity index (χ1) is 49.4. The zero-order valence-electron chi connectivity index (χ0n) is 55.4. The first kappa shape index (κ1) is 91.7. The molecule has 0 aromatic carbocycles. The van der Waals surface area contributed by atoms with Gasteiger partial charge in [-0.05, 0) is 48.2 Å². The number of aliphatic hydroxyl groups is 9. The van der Waals surface area contributed by atoms with E-state index in [1.807, 2.05) is 18.8 Å². The van der Waals surface area contributed by atoms with Gasteiger partial charge in [0.25, 0.3) is 22.2 Å². The fourth-order valence-corrected chi connectivity index (χ4v) is 19.0. The summed E-state index contributed by atoms with van der Waals surface area (Å²) in [5.74, 6) is 0. The van der Waals surface area contributed by atoms with E-state index in [9.17, 15) is 126 Å². The smallest absolute Gasteiger partial charge is 0.394 e. The Hall–Kier alpha value is -4.17. The summed E-state index contributed by atoms with van der Waals surface area (Å²) in [5.41, 5.74) is -6.07. The van der Waals surface area contributed by atoms with E-state index in [4.69, 9.17) is 61.2 Å². The molecule has 9 rings (SSSR count). The van der Waals surface area contributed by atoms with Gasteiger partial charge < -0.3 is 117 Å². The summed E-state index contributed by atoms with van der Waals surface area (Å²) in [4.78, 5) is 157. The highest BCUT2D eigenvalue weighted by Gasteiger charge is 2.56. The first-order valence-electron chi connectivity index (χ1n) is 30.9. The van der Waals surface area contributed by atoms with Crippen molar-refractivity contribution in [3.05, 3.63) is 130 Å². The second kappa shape index (κ2) is 37.6. The molecule has 5 saturated heterocycles. The Bertz CT molecular complexity index is 4610. The molecule has 59 heteroatoms. The van der Waals surface area contributed by atoms with Gasteiger partial charge in [-0.2, -0.15) is 21.6 Å². The molecule has 0 radical (unpaired) electrons. The SMILES string of the molecule is CCCn1cc([C@@H]2O[C@H](CO)C(O)[C@@H]2O)c(=O)[nH]c1=O.CCCn1cc([C@@H]2O[C@H](COP(=O)(Cl)Cl)C(O)[C@@H]2O)c(=O)[nH]c1=O.CCCn1cc([C@@H]2O[C@H](COP(=O)(O)OP(=O)(O)OP(=O)(O)O)C(O)[C@@H]2O)c(=O)[nH]c1=O.CCCn1cc([C@@H]2O[C@H](COP3(=O)OP(=O)(O)OP(=O)(O)O3)C(O)[C@@H]2O)c(=O)[nH]c1=O. The number of H-pyrrole nitrogens is 4. The van der Waals surface area contributed by atoms with Crippen molar-refractivity contribution in [3.63, 3.8) is 0 Å². The third-order valence-corrected chi connectivity index (χ3v) is 25.3. The molecule has 107 heavy (non-hydrogen) atoms. The normalized spacial score (nSPS) is 31.9. The molecule has 0 saturated carbocycles. The molecular weight excluding hydrogens is 1650 g/mol. The number of rotatable bonds is 26. The predicted molar refractivity (Wildman–Crippen MR) is 354 cm³/mol. The fourth-order valence-electron chi connectivity index (χ4n) is 10.4. The molecule has 9 heterocycles. The van der Waals surface area contributed by atoms with Gasteiger partial charge in [0, 0.05) is 51.0 Å². The summed E-state index contributed by atoms with van der Waals surface area (Å²) in [6, 6.07) is 0. The number of nitrogens with zero attached hydrogens (tertiary/aromatic N) is 4. The molecular formula is C48H75Cl2N8O42P7. The van der Waals surface area contributed by atoms with Gasteiger partial charge in [-0.15, -0.1) is 0 Å². The Morgan fingerprint density at radius 3 is 0.981 bits per heavy atom. The Morgan fingerprint density at radius 2 is 0.710 bits per heavy atom. The number of aliphatic hydroxyl groups excluding tert-OH is 9. The zero-order chi connectivity index (χ0) is 80.6. The molecule has 50 nitrogen and oxygen atoms in total. The van der Waals surface area contributed by atoms with Gasteiger partial charge in [-0.3, -0.25) is 52.7 Å². The van der Waals surface area contributed by atoms with Crippen LogP contribution < -0.4 is 45.0 Å². The minimum atomic E-state index is -5.74. The van der Waals surface area contributed by atoms with E-state index in [1.165, 1.54) is 26.1 Å². The van der Waals surface area contributed by atoms with Crippen molar-refractivity contribution in [2.75, 3.05) is 26.4 Å². The number of phosphoric ester groups is 1. The monoisotopic (exact) mass is 1720 g/mol. The van der Waals surface area contributed by atoms with E-state index in [2.05, 4.69) is 50.1 Å². The quantitative estimate of drug-likeness (QED) is 0.0275. The maximum absolute atomic E-state index is 12.3. The van der Waals surface area contributed by atoms with Crippen molar-refractivity contribution in [1.29, 1.82) is 0 Å². The molecule has 608 valence electrons. The third-order valence-electron chi connectivity index (χ3n) is 15.1. The standard InChI is InChI=1S/C12H17Cl2N2O7P.C12H21N2O15P3.C12H19N2O14P3.C12H18N2O6/c1-2-3-16-4-6(11(19)15-12(16)20)10-9(18)8(17)7(23-10)5-22-24(13,14)21;1-2-3-14-4-6(11(17)13-12(14)18)10-9(16)8(15)7(27-10)5-26-31(22,23)29-32(24,25)28-30(19,20)21;1-2-3-14-4-6(11(17)13-12(14)18)10-9(16)8(15)7(25-10)5-24-31(23)27-29(19,20)26-30(21,22)28-31;1-2-3-14-4-6(11(18)13-12(14)19)10-9(17)8(16)7(5-15)20-10/h4,7-10,17-18H,2-3,5H2,1H3,(H,15,19,20);4,7-10,15-16H,2-3,5H2,1H3,(H,22,23)(H,24,25)(H,13,17,18)(H2,19,20,21);4,7-10,15-16H,2-3,5H2,1H3,(H,19,20)(H,21,22)(H,13,17,18);4,7-10,15-17H,2-3,5H2,1H3,(H,13,18,19)/t4*7-,8?,9+,10+/m1111/s1. The van der Waals surface area contributed by atoms with E-state index in [0.717, 1.165) is 17.0 Å². The Balaban J connectivity index is 0.000000227.